The molecule has 0 bridgehead atoms. The minimum absolute atomic E-state index is 0.0279. The van der Waals surface area contributed by atoms with Gasteiger partial charge in [0.25, 0.3) is 5.91 Å². The molecule has 1 atom stereocenters. The minimum Gasteiger partial charge on any atom is -0.310 e. The molecule has 0 fully saturated rings. The minimum atomic E-state index is -0.578. The molecule has 6 nitrogen and oxygen atoms in total. The van der Waals surface area contributed by atoms with Crippen molar-refractivity contribution in [2.45, 2.75) is 26.3 Å². The van der Waals surface area contributed by atoms with Crippen LogP contribution in [0.5, 0.6) is 0 Å². The highest BCUT2D eigenvalue weighted by Gasteiger charge is 2.34. The molecule has 1 aliphatic heterocycles. The summed E-state index contributed by atoms with van der Waals surface area (Å²) >= 11 is 0. The molecule has 3 aromatic rings. The Bertz CT molecular complexity index is 984. The third-order valence-electron chi connectivity index (χ3n) is 4.80. The first-order chi connectivity index (χ1) is 13.0. The van der Waals surface area contributed by atoms with Crippen LogP contribution in [0.1, 0.15) is 25.5 Å². The van der Waals surface area contributed by atoms with E-state index in [2.05, 4.69) is 15.4 Å². The molecule has 138 valence electrons. The molecule has 2 heterocycles. The van der Waals surface area contributed by atoms with Gasteiger partial charge < -0.3 is 4.90 Å². The van der Waals surface area contributed by atoms with Gasteiger partial charge in [-0.1, -0.05) is 44.2 Å². The smallest absolute Gasteiger partial charge is 0.254 e. The van der Waals surface area contributed by atoms with E-state index >= 15 is 0 Å². The number of halogens is 1. The first kappa shape index (κ1) is 17.3. The molecular weight excluding hydrogens is 345 g/mol. The Balaban J connectivity index is 1.65. The molecule has 0 spiro atoms. The highest BCUT2D eigenvalue weighted by molar-refractivity contribution is 5.98. The number of amides is 1. The predicted octanol–water partition coefficient (Wildman–Crippen LogP) is 3.27. The van der Waals surface area contributed by atoms with Gasteiger partial charge >= 0.3 is 0 Å². The zero-order chi connectivity index (χ0) is 19.0. The van der Waals surface area contributed by atoms with Crippen molar-refractivity contribution in [3.8, 4) is 11.4 Å². The van der Waals surface area contributed by atoms with Crippen molar-refractivity contribution < 1.29 is 9.18 Å². The van der Waals surface area contributed by atoms with E-state index in [9.17, 15) is 9.18 Å². The van der Waals surface area contributed by atoms with Crippen molar-refractivity contribution in [2.24, 2.45) is 5.92 Å². The molecule has 0 saturated carbocycles. The van der Waals surface area contributed by atoms with Crippen LogP contribution in [0.2, 0.25) is 0 Å². The summed E-state index contributed by atoms with van der Waals surface area (Å²) in [6.45, 7) is 4.55. The summed E-state index contributed by atoms with van der Waals surface area (Å²) in [5.74, 6) is -0.151. The number of hydrogen-bond donors (Lipinski definition) is 0. The van der Waals surface area contributed by atoms with Crippen molar-refractivity contribution in [2.75, 3.05) is 11.4 Å². The highest BCUT2D eigenvalue weighted by atomic mass is 19.1. The van der Waals surface area contributed by atoms with E-state index in [0.29, 0.717) is 17.9 Å². The molecule has 0 saturated heterocycles. The number of tetrazole rings is 1. The number of carbonyl (C=O) groups excluding carboxylic acids is 1. The number of para-hydroxylation sites is 1. The molecule has 4 rings (SSSR count). The zero-order valence-electron chi connectivity index (χ0n) is 15.2. The Morgan fingerprint density at radius 3 is 2.74 bits per heavy atom. The number of carbonyl (C=O) groups is 1. The third kappa shape index (κ3) is 3.20. The standard InChI is InChI=1S/C20H20FN5O/c1-13(2)18(20(27)25-11-10-14-6-3-4-9-17(14)25)26-23-19(22-24-26)15-7-5-8-16(21)12-15/h3-9,12-13,18H,10-11H2,1-2H3. The molecule has 7 heteroatoms. The van der Waals surface area contributed by atoms with Gasteiger partial charge in [-0.3, -0.25) is 4.79 Å². The Labute approximate surface area is 156 Å². The topological polar surface area (TPSA) is 63.9 Å². The van der Waals surface area contributed by atoms with E-state index < -0.39 is 6.04 Å². The normalized spacial score (nSPS) is 14.4. The quantitative estimate of drug-likeness (QED) is 0.712. The van der Waals surface area contributed by atoms with Crippen LogP contribution in [-0.2, 0) is 11.2 Å². The van der Waals surface area contributed by atoms with Crippen LogP contribution in [0, 0.1) is 11.7 Å². The number of anilines is 1. The van der Waals surface area contributed by atoms with Gasteiger partial charge in [-0.05, 0) is 41.3 Å². The number of nitrogens with zero attached hydrogens (tertiary/aromatic N) is 5. The Kier molecular flexibility index (Phi) is 4.43. The lowest BCUT2D eigenvalue weighted by Gasteiger charge is -2.25. The van der Waals surface area contributed by atoms with Gasteiger partial charge in [0.15, 0.2) is 6.04 Å². The van der Waals surface area contributed by atoms with Gasteiger partial charge in [-0.15, -0.1) is 10.2 Å². The van der Waals surface area contributed by atoms with E-state index in [4.69, 9.17) is 0 Å². The fourth-order valence-electron chi connectivity index (χ4n) is 3.46. The SMILES string of the molecule is CC(C)C(C(=O)N1CCc2ccccc21)n1nnc(-c2cccc(F)c2)n1. The molecule has 27 heavy (non-hydrogen) atoms. The average Bonchev–Trinajstić information content (AvgIpc) is 3.28. The summed E-state index contributed by atoms with van der Waals surface area (Å²) in [5, 5.41) is 12.5. The summed E-state index contributed by atoms with van der Waals surface area (Å²) in [7, 11) is 0. The molecule has 0 aliphatic carbocycles. The predicted molar refractivity (Wildman–Crippen MR) is 99.6 cm³/mol. The summed E-state index contributed by atoms with van der Waals surface area (Å²) in [5.41, 5.74) is 2.64. The fraction of sp³-hybridized carbons (Fsp3) is 0.300. The molecule has 2 aromatic carbocycles. The molecule has 0 radical (unpaired) electrons. The maximum atomic E-state index is 13.5. The van der Waals surface area contributed by atoms with Crippen LogP contribution in [0.4, 0.5) is 10.1 Å². The molecule has 0 N–H and O–H groups in total. The van der Waals surface area contributed by atoms with Crippen molar-refractivity contribution in [3.63, 3.8) is 0 Å². The second-order valence-corrected chi connectivity index (χ2v) is 7.00. The van der Waals surface area contributed by atoms with E-state index in [1.807, 2.05) is 38.1 Å². The van der Waals surface area contributed by atoms with Crippen molar-refractivity contribution >= 4 is 11.6 Å². The summed E-state index contributed by atoms with van der Waals surface area (Å²) in [4.78, 5) is 16.4. The van der Waals surface area contributed by atoms with E-state index in [0.717, 1.165) is 12.1 Å². The Morgan fingerprint density at radius 1 is 1.15 bits per heavy atom. The first-order valence-corrected chi connectivity index (χ1v) is 8.99. The molecule has 1 amide bonds. The van der Waals surface area contributed by atoms with E-state index in [1.54, 1.807) is 17.0 Å². The summed E-state index contributed by atoms with van der Waals surface area (Å²) in [6, 6.07) is 13.4. The zero-order valence-corrected chi connectivity index (χ0v) is 15.2. The van der Waals surface area contributed by atoms with Gasteiger partial charge in [0.1, 0.15) is 5.82 Å². The van der Waals surface area contributed by atoms with Gasteiger partial charge in [0.05, 0.1) is 0 Å². The Morgan fingerprint density at radius 2 is 1.96 bits per heavy atom. The van der Waals surface area contributed by atoms with Crippen LogP contribution in [0.3, 0.4) is 0 Å². The van der Waals surface area contributed by atoms with Crippen LogP contribution >= 0.6 is 0 Å². The maximum absolute atomic E-state index is 13.5. The summed E-state index contributed by atoms with van der Waals surface area (Å²) in [6.07, 6.45) is 0.839. The van der Waals surface area contributed by atoms with Gasteiger partial charge in [0.2, 0.25) is 5.82 Å². The second kappa shape index (κ2) is 6.90. The van der Waals surface area contributed by atoms with Crippen molar-refractivity contribution in [1.29, 1.82) is 0 Å². The molecule has 1 unspecified atom stereocenters. The maximum Gasteiger partial charge on any atom is 0.254 e. The lowest BCUT2D eigenvalue weighted by atomic mass is 10.0. The van der Waals surface area contributed by atoms with Gasteiger partial charge in [-0.2, -0.15) is 4.80 Å². The monoisotopic (exact) mass is 365 g/mol. The number of aromatic nitrogens is 4. The van der Waals surface area contributed by atoms with Gasteiger partial charge in [-0.25, -0.2) is 4.39 Å². The molecular formula is C20H20FN5O. The Hall–Kier alpha value is -3.09. The second-order valence-electron chi connectivity index (χ2n) is 7.00. The number of rotatable bonds is 4. The van der Waals surface area contributed by atoms with Crippen molar-refractivity contribution in [3.05, 3.63) is 59.9 Å². The molecule has 1 aliphatic rings. The lowest BCUT2D eigenvalue weighted by Crippen LogP contribution is -2.39. The average molecular weight is 365 g/mol. The van der Waals surface area contributed by atoms with E-state index in [1.165, 1.54) is 22.5 Å². The largest absolute Gasteiger partial charge is 0.310 e. The van der Waals surface area contributed by atoms with Gasteiger partial charge in [0, 0.05) is 17.8 Å². The first-order valence-electron chi connectivity index (χ1n) is 8.99. The lowest BCUT2D eigenvalue weighted by molar-refractivity contribution is -0.123. The molecule has 1 aromatic heterocycles. The third-order valence-corrected chi connectivity index (χ3v) is 4.80. The highest BCUT2D eigenvalue weighted by Crippen LogP contribution is 2.31. The van der Waals surface area contributed by atoms with Crippen LogP contribution in [0.15, 0.2) is 48.5 Å². The number of fused-ring (bicyclic) bond motifs is 1. The summed E-state index contributed by atoms with van der Waals surface area (Å²) < 4.78 is 13.5. The van der Waals surface area contributed by atoms with Crippen LogP contribution in [-0.4, -0.2) is 32.7 Å². The fourth-order valence-corrected chi connectivity index (χ4v) is 3.46. The number of benzene rings is 2. The van der Waals surface area contributed by atoms with Crippen LogP contribution < -0.4 is 4.90 Å². The van der Waals surface area contributed by atoms with E-state index in [-0.39, 0.29) is 17.6 Å². The number of hydrogen-bond acceptors (Lipinski definition) is 4. The van der Waals surface area contributed by atoms with Crippen molar-refractivity contribution in [1.82, 2.24) is 20.2 Å². The van der Waals surface area contributed by atoms with Crippen LogP contribution in [0.25, 0.3) is 11.4 Å².